The zero-order valence-corrected chi connectivity index (χ0v) is 16.9. The normalized spacial score (nSPS) is 13.7. The fourth-order valence-corrected chi connectivity index (χ4v) is 3.58. The number of fused-ring (bicyclic) bond motifs is 1. The average Bonchev–Trinajstić information content (AvgIpc) is 2.79. The molecule has 0 fully saturated rings. The first-order valence-corrected chi connectivity index (χ1v) is 10.3. The molecule has 1 heterocycles. The highest BCUT2D eigenvalue weighted by Gasteiger charge is 2.23. The maximum atomic E-state index is 12.5. The Morgan fingerprint density at radius 2 is 1.47 bits per heavy atom. The van der Waals surface area contributed by atoms with Crippen molar-refractivity contribution in [1.82, 2.24) is 0 Å². The Bertz CT molecular complexity index is 1040. The first kappa shape index (κ1) is 19.7. The molecular weight excluding hydrogens is 370 g/mol. The predicted octanol–water partition coefficient (Wildman–Crippen LogP) is 5.77. The van der Waals surface area contributed by atoms with Crippen LogP contribution in [0.25, 0.3) is 12.2 Å². The van der Waals surface area contributed by atoms with Gasteiger partial charge in [-0.05, 0) is 47.4 Å². The molecule has 0 saturated heterocycles. The van der Waals surface area contributed by atoms with E-state index >= 15 is 0 Å². The van der Waals surface area contributed by atoms with Crippen molar-refractivity contribution in [3.05, 3.63) is 108 Å². The molecule has 3 aromatic carbocycles. The lowest BCUT2D eigenvalue weighted by Gasteiger charge is -2.28. The summed E-state index contributed by atoms with van der Waals surface area (Å²) in [5, 5.41) is 0. The molecule has 150 valence electrons. The molecule has 0 atom stereocenters. The summed E-state index contributed by atoms with van der Waals surface area (Å²) in [6, 6.07) is 26.3. The van der Waals surface area contributed by atoms with E-state index in [4.69, 9.17) is 4.74 Å². The van der Waals surface area contributed by atoms with Crippen LogP contribution < -0.4 is 9.64 Å². The van der Waals surface area contributed by atoms with Crippen molar-refractivity contribution in [3.63, 3.8) is 0 Å². The number of carbonyl (C=O) groups is 1. The Hall–Kier alpha value is -3.59. The number of amides is 1. The van der Waals surface area contributed by atoms with Crippen LogP contribution in [0, 0.1) is 0 Å². The monoisotopic (exact) mass is 395 g/mol. The number of benzene rings is 3. The summed E-state index contributed by atoms with van der Waals surface area (Å²) < 4.78 is 5.89. The molecule has 1 aliphatic rings. The fourth-order valence-electron chi connectivity index (χ4n) is 3.58. The van der Waals surface area contributed by atoms with E-state index in [-0.39, 0.29) is 5.91 Å². The van der Waals surface area contributed by atoms with Gasteiger partial charge in [-0.25, -0.2) is 0 Å². The Kier molecular flexibility index (Phi) is 6.41. The van der Waals surface area contributed by atoms with Gasteiger partial charge in [0.2, 0.25) is 5.91 Å². The number of nitrogens with zero attached hydrogens (tertiary/aromatic N) is 1. The summed E-state index contributed by atoms with van der Waals surface area (Å²) in [6.07, 6.45) is 9.45. The third kappa shape index (κ3) is 5.06. The van der Waals surface area contributed by atoms with Crippen LogP contribution in [0.2, 0.25) is 0 Å². The molecular formula is C27H25NO2. The molecule has 3 aromatic rings. The van der Waals surface area contributed by atoms with Crippen LogP contribution in [0.1, 0.15) is 23.1 Å². The van der Waals surface area contributed by atoms with Gasteiger partial charge in [-0.15, -0.1) is 0 Å². The van der Waals surface area contributed by atoms with Gasteiger partial charge in [0.25, 0.3) is 0 Å². The molecule has 0 radical (unpaired) electrons. The Morgan fingerprint density at radius 3 is 2.17 bits per heavy atom. The summed E-state index contributed by atoms with van der Waals surface area (Å²) in [4.78, 5) is 14.3. The van der Waals surface area contributed by atoms with Gasteiger partial charge >= 0.3 is 0 Å². The van der Waals surface area contributed by atoms with Crippen molar-refractivity contribution in [2.75, 3.05) is 18.1 Å². The number of hydrogen-bond donors (Lipinski definition) is 0. The van der Waals surface area contributed by atoms with E-state index in [0.717, 1.165) is 34.5 Å². The molecule has 0 unspecified atom stereocenters. The van der Waals surface area contributed by atoms with E-state index in [9.17, 15) is 4.79 Å². The molecule has 3 nitrogen and oxygen atoms in total. The number of aryl methyl sites for hydroxylation is 1. The van der Waals surface area contributed by atoms with Crippen molar-refractivity contribution in [1.29, 1.82) is 0 Å². The molecule has 0 bridgehead atoms. The van der Waals surface area contributed by atoms with Crippen molar-refractivity contribution < 1.29 is 9.53 Å². The van der Waals surface area contributed by atoms with E-state index in [2.05, 4.69) is 42.5 Å². The molecule has 0 aromatic heterocycles. The minimum Gasteiger partial charge on any atom is -0.490 e. The topological polar surface area (TPSA) is 29.5 Å². The molecule has 1 amide bonds. The maximum Gasteiger partial charge on any atom is 0.227 e. The lowest BCUT2D eigenvalue weighted by molar-refractivity contribution is -0.118. The van der Waals surface area contributed by atoms with Crippen LogP contribution in [0.5, 0.6) is 5.75 Å². The first-order chi connectivity index (χ1) is 14.8. The van der Waals surface area contributed by atoms with Crippen molar-refractivity contribution in [2.45, 2.75) is 12.8 Å². The summed E-state index contributed by atoms with van der Waals surface area (Å²) >= 11 is 0. The quantitative estimate of drug-likeness (QED) is 0.508. The van der Waals surface area contributed by atoms with Crippen molar-refractivity contribution >= 4 is 23.7 Å². The third-order valence-electron chi connectivity index (χ3n) is 5.10. The lowest BCUT2D eigenvalue weighted by Crippen LogP contribution is -2.35. The number of hydrogen-bond acceptors (Lipinski definition) is 2. The van der Waals surface area contributed by atoms with Gasteiger partial charge in [0.1, 0.15) is 12.4 Å². The predicted molar refractivity (Wildman–Crippen MR) is 124 cm³/mol. The van der Waals surface area contributed by atoms with Crippen LogP contribution >= 0.6 is 0 Å². The van der Waals surface area contributed by atoms with Gasteiger partial charge in [0, 0.05) is 18.7 Å². The standard InChI is InChI=1S/C27H25NO2/c29-27-18-15-24-21-25(30-20-8-14-23-11-5-2-6-12-23)16-17-26(24)28(27)19-7-13-22-9-3-1-4-10-22/h1-14,16-17,21H,15,18-20H2. The van der Waals surface area contributed by atoms with E-state index in [1.165, 1.54) is 0 Å². The fraction of sp³-hybridized carbons (Fsp3) is 0.148. The number of carbonyl (C=O) groups excluding carboxylic acids is 1. The van der Waals surface area contributed by atoms with Gasteiger partial charge in [-0.1, -0.05) is 78.9 Å². The lowest BCUT2D eigenvalue weighted by atomic mass is 10.0. The molecule has 1 aliphatic heterocycles. The second kappa shape index (κ2) is 9.75. The second-order valence-corrected chi connectivity index (χ2v) is 7.23. The van der Waals surface area contributed by atoms with Gasteiger partial charge < -0.3 is 9.64 Å². The second-order valence-electron chi connectivity index (χ2n) is 7.23. The van der Waals surface area contributed by atoms with Crippen LogP contribution in [0.15, 0.2) is 91.0 Å². The smallest absolute Gasteiger partial charge is 0.227 e. The van der Waals surface area contributed by atoms with E-state index in [0.29, 0.717) is 19.6 Å². The summed E-state index contributed by atoms with van der Waals surface area (Å²) in [6.45, 7) is 1.08. The largest absolute Gasteiger partial charge is 0.490 e. The summed E-state index contributed by atoms with van der Waals surface area (Å²) in [5.74, 6) is 1.00. The Labute approximate surface area is 177 Å². The zero-order valence-electron chi connectivity index (χ0n) is 16.9. The van der Waals surface area contributed by atoms with E-state index < -0.39 is 0 Å². The molecule has 4 rings (SSSR count). The molecule has 3 heteroatoms. The SMILES string of the molecule is O=C1CCc2cc(OCC=Cc3ccccc3)ccc2N1CC=Cc1ccccc1. The first-order valence-electron chi connectivity index (χ1n) is 10.3. The molecule has 30 heavy (non-hydrogen) atoms. The minimum atomic E-state index is 0.166. The Morgan fingerprint density at radius 1 is 0.800 bits per heavy atom. The molecule has 0 aliphatic carbocycles. The molecule has 0 spiro atoms. The van der Waals surface area contributed by atoms with Gasteiger partial charge in [0.05, 0.1) is 0 Å². The van der Waals surface area contributed by atoms with E-state index in [1.807, 2.05) is 65.6 Å². The highest BCUT2D eigenvalue weighted by atomic mass is 16.5. The van der Waals surface area contributed by atoms with Crippen LogP contribution in [0.3, 0.4) is 0 Å². The number of ether oxygens (including phenoxy) is 1. The third-order valence-corrected chi connectivity index (χ3v) is 5.10. The van der Waals surface area contributed by atoms with Gasteiger partial charge in [-0.2, -0.15) is 0 Å². The minimum absolute atomic E-state index is 0.166. The number of anilines is 1. The number of rotatable bonds is 7. The van der Waals surface area contributed by atoms with Crippen molar-refractivity contribution in [3.8, 4) is 5.75 Å². The highest BCUT2D eigenvalue weighted by Crippen LogP contribution is 2.31. The molecule has 0 saturated carbocycles. The highest BCUT2D eigenvalue weighted by molar-refractivity contribution is 5.96. The van der Waals surface area contributed by atoms with Crippen LogP contribution in [-0.2, 0) is 11.2 Å². The van der Waals surface area contributed by atoms with Crippen molar-refractivity contribution in [2.24, 2.45) is 0 Å². The molecule has 0 N–H and O–H groups in total. The maximum absolute atomic E-state index is 12.5. The van der Waals surface area contributed by atoms with E-state index in [1.54, 1.807) is 0 Å². The van der Waals surface area contributed by atoms with Crippen LogP contribution in [-0.4, -0.2) is 19.1 Å². The summed E-state index contributed by atoms with van der Waals surface area (Å²) in [7, 11) is 0. The van der Waals surface area contributed by atoms with Gasteiger partial charge in [-0.3, -0.25) is 4.79 Å². The van der Waals surface area contributed by atoms with Crippen LogP contribution in [0.4, 0.5) is 5.69 Å². The zero-order chi connectivity index (χ0) is 20.6. The van der Waals surface area contributed by atoms with Gasteiger partial charge in [0.15, 0.2) is 0 Å². The Balaban J connectivity index is 1.39. The average molecular weight is 396 g/mol. The summed E-state index contributed by atoms with van der Waals surface area (Å²) in [5.41, 5.74) is 4.43.